The molecule has 0 aliphatic heterocycles. The van der Waals surface area contributed by atoms with Gasteiger partial charge in [-0.3, -0.25) is 0 Å². The molecular weight excluding hydrogens is 521 g/mol. The van der Waals surface area contributed by atoms with Crippen molar-refractivity contribution in [3.63, 3.8) is 0 Å². The van der Waals surface area contributed by atoms with Crippen molar-refractivity contribution >= 4 is 58.7 Å². The lowest BCUT2D eigenvalue weighted by Crippen LogP contribution is -2.40. The van der Waals surface area contributed by atoms with Crippen LogP contribution in [0, 0.1) is 22.7 Å². The second-order valence-corrected chi connectivity index (χ2v) is 16.6. The van der Waals surface area contributed by atoms with Crippen LogP contribution in [0.2, 0.25) is 19.6 Å². The van der Waals surface area contributed by atoms with Crippen LogP contribution in [0.1, 0.15) is 11.1 Å². The van der Waals surface area contributed by atoms with Crippen molar-refractivity contribution in [2.45, 2.75) is 19.6 Å². The third kappa shape index (κ3) is 5.27. The number of thiophene rings is 2. The van der Waals surface area contributed by atoms with Crippen molar-refractivity contribution in [1.29, 1.82) is 10.5 Å². The van der Waals surface area contributed by atoms with E-state index in [2.05, 4.69) is 82.8 Å². The van der Waals surface area contributed by atoms with E-state index < -0.39 is 8.07 Å². The fraction of sp³-hybridized carbons (Fsp3) is 0.0968. The zero-order chi connectivity index (χ0) is 26.7. The molecule has 0 spiro atoms. The SMILES string of the molecule is C[Si](C)(C)c1c(-c2cscc2Nc2ccc(C#N)cc2)cccc1-c1sccc1Nc1ccc(C#N)cc1. The van der Waals surface area contributed by atoms with E-state index in [4.69, 9.17) is 10.5 Å². The Morgan fingerprint density at radius 1 is 0.658 bits per heavy atom. The van der Waals surface area contributed by atoms with Crippen LogP contribution in [0.4, 0.5) is 22.7 Å². The highest BCUT2D eigenvalue weighted by Crippen LogP contribution is 2.40. The van der Waals surface area contributed by atoms with Gasteiger partial charge in [0.2, 0.25) is 0 Å². The molecule has 0 aliphatic rings. The summed E-state index contributed by atoms with van der Waals surface area (Å²) in [5.74, 6) is 0. The van der Waals surface area contributed by atoms with Gasteiger partial charge in [0.1, 0.15) is 0 Å². The van der Waals surface area contributed by atoms with E-state index in [1.807, 2.05) is 48.5 Å². The molecule has 3 aromatic carbocycles. The maximum atomic E-state index is 9.13. The second-order valence-electron chi connectivity index (χ2n) is 9.97. The number of nitrogens with zero attached hydrogens (tertiary/aromatic N) is 2. The second kappa shape index (κ2) is 10.7. The van der Waals surface area contributed by atoms with Gasteiger partial charge in [0.25, 0.3) is 0 Å². The molecule has 0 saturated carbocycles. The molecule has 0 aliphatic carbocycles. The fourth-order valence-corrected chi connectivity index (χ4v) is 8.36. The van der Waals surface area contributed by atoms with E-state index in [0.29, 0.717) is 11.1 Å². The summed E-state index contributed by atoms with van der Waals surface area (Å²) in [5.41, 5.74) is 9.07. The van der Waals surface area contributed by atoms with Crippen LogP contribution < -0.4 is 15.8 Å². The lowest BCUT2D eigenvalue weighted by molar-refractivity contribution is 1.48. The topological polar surface area (TPSA) is 71.6 Å². The molecule has 38 heavy (non-hydrogen) atoms. The Morgan fingerprint density at radius 2 is 1.24 bits per heavy atom. The van der Waals surface area contributed by atoms with E-state index in [1.165, 1.54) is 26.8 Å². The molecule has 2 aromatic heterocycles. The molecule has 5 aromatic rings. The van der Waals surface area contributed by atoms with Gasteiger partial charge in [-0.2, -0.15) is 10.5 Å². The Bertz CT molecular complexity index is 1550. The average molecular weight is 547 g/mol. The monoisotopic (exact) mass is 546 g/mol. The van der Waals surface area contributed by atoms with E-state index >= 15 is 0 Å². The fourth-order valence-electron chi connectivity index (χ4n) is 4.56. The molecule has 2 heterocycles. The van der Waals surface area contributed by atoms with Crippen molar-refractivity contribution in [1.82, 2.24) is 0 Å². The number of hydrogen-bond donors (Lipinski definition) is 2. The summed E-state index contributed by atoms with van der Waals surface area (Å²) >= 11 is 3.43. The Labute approximate surface area is 232 Å². The van der Waals surface area contributed by atoms with Gasteiger partial charge in [-0.15, -0.1) is 22.7 Å². The summed E-state index contributed by atoms with van der Waals surface area (Å²) in [7, 11) is -1.81. The predicted molar refractivity (Wildman–Crippen MR) is 165 cm³/mol. The largest absolute Gasteiger partial charge is 0.354 e. The first-order valence-electron chi connectivity index (χ1n) is 12.2. The smallest absolute Gasteiger partial charge is 0.0991 e. The zero-order valence-electron chi connectivity index (χ0n) is 21.4. The number of anilines is 4. The lowest BCUT2D eigenvalue weighted by Gasteiger charge is -2.26. The molecule has 0 amide bonds. The van der Waals surface area contributed by atoms with Crippen LogP contribution in [-0.4, -0.2) is 8.07 Å². The molecule has 4 nitrogen and oxygen atoms in total. The molecule has 0 unspecified atom stereocenters. The van der Waals surface area contributed by atoms with Crippen molar-refractivity contribution in [3.8, 4) is 33.7 Å². The molecule has 0 saturated heterocycles. The van der Waals surface area contributed by atoms with Gasteiger partial charge in [0.05, 0.1) is 47.6 Å². The Balaban J connectivity index is 1.56. The Morgan fingerprint density at radius 3 is 1.82 bits per heavy atom. The van der Waals surface area contributed by atoms with Crippen LogP contribution in [0.3, 0.4) is 0 Å². The molecule has 0 fully saturated rings. The maximum absolute atomic E-state index is 9.13. The zero-order valence-corrected chi connectivity index (χ0v) is 24.0. The molecule has 5 rings (SSSR count). The highest BCUT2D eigenvalue weighted by Gasteiger charge is 2.27. The first kappa shape index (κ1) is 25.5. The van der Waals surface area contributed by atoms with Gasteiger partial charge >= 0.3 is 0 Å². The van der Waals surface area contributed by atoms with Crippen molar-refractivity contribution in [3.05, 3.63) is 100 Å². The molecule has 7 heteroatoms. The number of rotatable bonds is 7. The third-order valence-electron chi connectivity index (χ3n) is 6.26. The Kier molecular flexibility index (Phi) is 7.17. The molecular formula is C31H26N4S2Si. The van der Waals surface area contributed by atoms with Gasteiger partial charge in [0.15, 0.2) is 0 Å². The minimum atomic E-state index is -1.81. The summed E-state index contributed by atoms with van der Waals surface area (Å²) in [4.78, 5) is 1.21. The van der Waals surface area contributed by atoms with Gasteiger partial charge in [-0.05, 0) is 76.3 Å². The Hall–Kier alpha value is -4.14. The lowest BCUT2D eigenvalue weighted by atomic mass is 10.0. The minimum absolute atomic E-state index is 0.649. The number of hydrogen-bond acceptors (Lipinski definition) is 6. The number of nitriles is 2. The first-order chi connectivity index (χ1) is 18.4. The van der Waals surface area contributed by atoms with Crippen LogP contribution in [0.15, 0.2) is 88.9 Å². The molecule has 0 radical (unpaired) electrons. The molecule has 0 bridgehead atoms. The van der Waals surface area contributed by atoms with Crippen LogP contribution in [-0.2, 0) is 0 Å². The molecule has 186 valence electrons. The third-order valence-corrected chi connectivity index (χ3v) is 9.99. The van der Waals surface area contributed by atoms with Crippen molar-refractivity contribution in [2.24, 2.45) is 0 Å². The van der Waals surface area contributed by atoms with Gasteiger partial charge in [-0.25, -0.2) is 0 Å². The number of benzene rings is 3. The van der Waals surface area contributed by atoms with E-state index in [1.54, 1.807) is 22.7 Å². The van der Waals surface area contributed by atoms with E-state index in [9.17, 15) is 0 Å². The summed E-state index contributed by atoms with van der Waals surface area (Å²) in [6, 6.07) is 28.3. The quantitative estimate of drug-likeness (QED) is 0.200. The van der Waals surface area contributed by atoms with Crippen molar-refractivity contribution < 1.29 is 0 Å². The first-order valence-corrected chi connectivity index (χ1v) is 17.5. The highest BCUT2D eigenvalue weighted by atomic mass is 32.1. The van der Waals surface area contributed by atoms with Gasteiger partial charge in [-0.1, -0.05) is 37.8 Å². The highest BCUT2D eigenvalue weighted by molar-refractivity contribution is 7.14. The number of nitrogens with one attached hydrogen (secondary N) is 2. The summed E-state index contributed by atoms with van der Waals surface area (Å²) in [6.07, 6.45) is 0. The normalized spacial score (nSPS) is 11.0. The standard InChI is InChI=1S/C31H26N4S2Si/c1-38(2,3)31-25(27-19-36-20-29(27)35-24-13-9-22(18-33)10-14-24)5-4-6-26(31)30-28(15-16-37-30)34-23-11-7-21(17-32)8-12-23/h4-16,19-20,34-35H,1-3H3. The summed E-state index contributed by atoms with van der Waals surface area (Å²) in [6.45, 7) is 7.20. The van der Waals surface area contributed by atoms with Gasteiger partial charge in [0, 0.05) is 27.7 Å². The molecule has 0 atom stereocenters. The summed E-state index contributed by atoms with van der Waals surface area (Å²) in [5, 5.41) is 33.3. The van der Waals surface area contributed by atoms with Crippen LogP contribution in [0.25, 0.3) is 21.6 Å². The predicted octanol–water partition coefficient (Wildman–Crippen LogP) is 8.92. The van der Waals surface area contributed by atoms with Gasteiger partial charge < -0.3 is 10.6 Å². The van der Waals surface area contributed by atoms with Crippen LogP contribution in [0.5, 0.6) is 0 Å². The van der Waals surface area contributed by atoms with E-state index in [0.717, 1.165) is 22.7 Å². The minimum Gasteiger partial charge on any atom is -0.354 e. The summed E-state index contributed by atoms with van der Waals surface area (Å²) < 4.78 is 0. The van der Waals surface area contributed by atoms with Crippen molar-refractivity contribution in [2.75, 3.05) is 10.6 Å². The maximum Gasteiger partial charge on any atom is 0.0991 e. The van der Waals surface area contributed by atoms with Crippen LogP contribution >= 0.6 is 22.7 Å². The average Bonchev–Trinajstić information content (AvgIpc) is 3.58. The molecule has 2 N–H and O–H groups in total. The van der Waals surface area contributed by atoms with E-state index in [-0.39, 0.29) is 0 Å².